The molecule has 2 amide bonds. The molecule has 0 aromatic heterocycles. The Hall–Kier alpha value is -1.92. The number of anilines is 1. The summed E-state index contributed by atoms with van der Waals surface area (Å²) in [5.41, 5.74) is 1.84. The summed E-state index contributed by atoms with van der Waals surface area (Å²) in [5.74, 6) is 1.97. The lowest BCUT2D eigenvalue weighted by molar-refractivity contribution is -0.120. The molecule has 1 aromatic rings. The van der Waals surface area contributed by atoms with Crippen LogP contribution in [-0.4, -0.2) is 36.5 Å². The SMILES string of the molecule is COC1=CCCSC1COc1cc(N2C(=O)C3=C(CCCC3)C2=O)ccc1Cl. The maximum Gasteiger partial charge on any atom is 0.261 e. The van der Waals surface area contributed by atoms with Gasteiger partial charge in [-0.05, 0) is 56.1 Å². The van der Waals surface area contributed by atoms with E-state index in [-0.39, 0.29) is 17.1 Å². The summed E-state index contributed by atoms with van der Waals surface area (Å²) in [4.78, 5) is 26.8. The van der Waals surface area contributed by atoms with E-state index in [2.05, 4.69) is 6.08 Å². The van der Waals surface area contributed by atoms with Crippen molar-refractivity contribution in [3.05, 3.63) is 46.2 Å². The zero-order valence-electron chi connectivity index (χ0n) is 15.7. The number of amides is 2. The van der Waals surface area contributed by atoms with Gasteiger partial charge in [0.15, 0.2) is 0 Å². The van der Waals surface area contributed by atoms with E-state index in [0.29, 0.717) is 47.1 Å². The Bertz CT molecular complexity index is 851. The fourth-order valence-electron chi connectivity index (χ4n) is 3.85. The molecule has 1 unspecified atom stereocenters. The van der Waals surface area contributed by atoms with Gasteiger partial charge in [-0.1, -0.05) is 11.6 Å². The molecule has 0 saturated carbocycles. The van der Waals surface area contributed by atoms with E-state index in [1.165, 1.54) is 4.90 Å². The summed E-state index contributed by atoms with van der Waals surface area (Å²) in [6.07, 6.45) is 6.33. The number of methoxy groups -OCH3 is 1. The number of thioether (sulfide) groups is 1. The molecule has 7 heteroatoms. The van der Waals surface area contributed by atoms with Gasteiger partial charge < -0.3 is 9.47 Å². The number of hydrogen-bond donors (Lipinski definition) is 0. The van der Waals surface area contributed by atoms with E-state index in [1.807, 2.05) is 0 Å². The highest BCUT2D eigenvalue weighted by molar-refractivity contribution is 8.00. The summed E-state index contributed by atoms with van der Waals surface area (Å²) in [7, 11) is 1.66. The third-order valence-corrected chi connectivity index (χ3v) is 6.84. The molecule has 2 heterocycles. The molecule has 2 aliphatic heterocycles. The molecule has 28 heavy (non-hydrogen) atoms. The van der Waals surface area contributed by atoms with E-state index in [4.69, 9.17) is 21.1 Å². The Morgan fingerprint density at radius 1 is 1.18 bits per heavy atom. The second kappa shape index (κ2) is 8.21. The van der Waals surface area contributed by atoms with E-state index in [0.717, 1.165) is 30.8 Å². The molecular weight excluding hydrogens is 398 g/mol. The molecule has 5 nitrogen and oxygen atoms in total. The molecule has 4 rings (SSSR count). The first kappa shape index (κ1) is 19.4. The van der Waals surface area contributed by atoms with Gasteiger partial charge in [-0.2, -0.15) is 0 Å². The minimum Gasteiger partial charge on any atom is -0.500 e. The minimum absolute atomic E-state index is 0.0995. The van der Waals surface area contributed by atoms with Crippen LogP contribution in [0.1, 0.15) is 32.1 Å². The Labute approximate surface area is 173 Å². The Balaban J connectivity index is 1.53. The largest absolute Gasteiger partial charge is 0.500 e. The van der Waals surface area contributed by atoms with Gasteiger partial charge in [-0.3, -0.25) is 9.59 Å². The molecule has 0 bridgehead atoms. The highest BCUT2D eigenvalue weighted by atomic mass is 35.5. The van der Waals surface area contributed by atoms with Crippen molar-refractivity contribution in [3.8, 4) is 5.75 Å². The van der Waals surface area contributed by atoms with Gasteiger partial charge in [-0.25, -0.2) is 4.90 Å². The number of nitrogens with zero attached hydrogens (tertiary/aromatic N) is 1. The fourth-order valence-corrected chi connectivity index (χ4v) is 5.08. The Morgan fingerprint density at radius 3 is 2.57 bits per heavy atom. The maximum absolute atomic E-state index is 12.8. The van der Waals surface area contributed by atoms with Crippen LogP contribution in [0.15, 0.2) is 41.2 Å². The van der Waals surface area contributed by atoms with Crippen LogP contribution in [0, 0.1) is 0 Å². The van der Waals surface area contributed by atoms with Crippen LogP contribution in [0.25, 0.3) is 0 Å². The second-order valence-corrected chi connectivity index (χ2v) is 8.71. The third-order valence-electron chi connectivity index (χ3n) is 5.29. The van der Waals surface area contributed by atoms with Crippen molar-refractivity contribution in [1.82, 2.24) is 0 Å². The zero-order chi connectivity index (χ0) is 19.7. The van der Waals surface area contributed by atoms with Gasteiger partial charge in [0, 0.05) is 17.2 Å². The van der Waals surface area contributed by atoms with E-state index in [9.17, 15) is 9.59 Å². The molecule has 0 saturated heterocycles. The van der Waals surface area contributed by atoms with E-state index >= 15 is 0 Å². The molecule has 0 radical (unpaired) electrons. The summed E-state index contributed by atoms with van der Waals surface area (Å²) in [6, 6.07) is 5.05. The number of halogens is 1. The first-order valence-corrected chi connectivity index (χ1v) is 10.9. The molecule has 1 atom stereocenters. The van der Waals surface area contributed by atoms with Crippen LogP contribution in [-0.2, 0) is 14.3 Å². The van der Waals surface area contributed by atoms with E-state index in [1.54, 1.807) is 37.1 Å². The molecular formula is C21H22ClNO4S. The van der Waals surface area contributed by atoms with E-state index < -0.39 is 0 Å². The number of rotatable bonds is 5. The lowest BCUT2D eigenvalue weighted by atomic mass is 9.93. The van der Waals surface area contributed by atoms with Gasteiger partial charge in [0.2, 0.25) is 0 Å². The third kappa shape index (κ3) is 3.55. The summed E-state index contributed by atoms with van der Waals surface area (Å²) < 4.78 is 11.4. The fraction of sp³-hybridized carbons (Fsp3) is 0.429. The average Bonchev–Trinajstić information content (AvgIpc) is 2.98. The monoisotopic (exact) mass is 419 g/mol. The number of hydrogen-bond acceptors (Lipinski definition) is 5. The van der Waals surface area contributed by atoms with Crippen molar-refractivity contribution >= 4 is 40.9 Å². The second-order valence-electron chi connectivity index (χ2n) is 6.99. The van der Waals surface area contributed by atoms with Crippen LogP contribution in [0.2, 0.25) is 5.02 Å². The van der Waals surface area contributed by atoms with Crippen LogP contribution in [0.5, 0.6) is 5.75 Å². The molecule has 1 aliphatic carbocycles. The van der Waals surface area contributed by atoms with Gasteiger partial charge in [0.25, 0.3) is 11.8 Å². The van der Waals surface area contributed by atoms with Gasteiger partial charge in [0.1, 0.15) is 18.1 Å². The van der Waals surface area contributed by atoms with Crippen molar-refractivity contribution in [2.75, 3.05) is 24.4 Å². The number of benzene rings is 1. The summed E-state index contributed by atoms with van der Waals surface area (Å²) >= 11 is 8.09. The minimum atomic E-state index is -0.208. The highest BCUT2D eigenvalue weighted by Gasteiger charge is 2.39. The van der Waals surface area contributed by atoms with Crippen molar-refractivity contribution in [2.45, 2.75) is 37.4 Å². The normalized spacial score (nSPS) is 22.3. The predicted molar refractivity (Wildman–Crippen MR) is 111 cm³/mol. The lowest BCUT2D eigenvalue weighted by Gasteiger charge is -2.23. The van der Waals surface area contributed by atoms with Gasteiger partial charge >= 0.3 is 0 Å². The summed E-state index contributed by atoms with van der Waals surface area (Å²) in [6.45, 7) is 0.407. The number of imide groups is 1. The first-order chi connectivity index (χ1) is 13.6. The Morgan fingerprint density at radius 2 is 1.89 bits per heavy atom. The number of carbonyl (C=O) groups is 2. The standard InChI is InChI=1S/C21H22ClNO4S/c1-26-17-7-4-10-28-19(17)12-27-18-11-13(8-9-16(18)22)23-20(24)14-5-2-3-6-15(14)21(23)25/h7-9,11,19H,2-6,10,12H2,1H3. The number of carbonyl (C=O) groups excluding carboxylic acids is 2. The topological polar surface area (TPSA) is 55.8 Å². The summed E-state index contributed by atoms with van der Waals surface area (Å²) in [5, 5.41) is 0.548. The quantitative estimate of drug-likeness (QED) is 0.658. The highest BCUT2D eigenvalue weighted by Crippen LogP contribution is 2.38. The number of allylic oxidation sites excluding steroid dienone is 1. The van der Waals surface area contributed by atoms with Crippen LogP contribution >= 0.6 is 23.4 Å². The average molecular weight is 420 g/mol. The first-order valence-electron chi connectivity index (χ1n) is 9.49. The van der Waals surface area contributed by atoms with Crippen LogP contribution < -0.4 is 9.64 Å². The van der Waals surface area contributed by atoms with Crippen molar-refractivity contribution < 1.29 is 19.1 Å². The zero-order valence-corrected chi connectivity index (χ0v) is 17.3. The molecule has 1 aromatic carbocycles. The maximum atomic E-state index is 12.8. The lowest BCUT2D eigenvalue weighted by Crippen LogP contribution is -2.31. The number of ether oxygens (including phenoxy) is 2. The van der Waals surface area contributed by atoms with Crippen LogP contribution in [0.3, 0.4) is 0 Å². The van der Waals surface area contributed by atoms with Crippen molar-refractivity contribution in [1.29, 1.82) is 0 Å². The Kier molecular flexibility index (Phi) is 5.69. The molecule has 148 valence electrons. The molecule has 0 N–H and O–H groups in total. The van der Waals surface area contributed by atoms with Crippen molar-refractivity contribution in [2.24, 2.45) is 0 Å². The van der Waals surface area contributed by atoms with Crippen LogP contribution in [0.4, 0.5) is 5.69 Å². The van der Waals surface area contributed by atoms with Gasteiger partial charge in [-0.15, -0.1) is 11.8 Å². The van der Waals surface area contributed by atoms with Gasteiger partial charge in [0.05, 0.1) is 23.1 Å². The molecule has 0 spiro atoms. The predicted octanol–water partition coefficient (Wildman–Crippen LogP) is 4.50. The molecule has 3 aliphatic rings. The van der Waals surface area contributed by atoms with Crippen molar-refractivity contribution in [3.63, 3.8) is 0 Å². The smallest absolute Gasteiger partial charge is 0.261 e. The molecule has 0 fully saturated rings.